The number of carbonyl (C=O) groups is 1. The molecule has 3 rings (SSSR count). The molecule has 100 valence electrons. The third-order valence-electron chi connectivity index (χ3n) is 3.31. The van der Waals surface area contributed by atoms with E-state index in [0.29, 0.717) is 17.1 Å². The highest BCUT2D eigenvalue weighted by Gasteiger charge is 2.19. The Hall–Kier alpha value is -2.81. The summed E-state index contributed by atoms with van der Waals surface area (Å²) in [4.78, 5) is 15.6. The second-order valence-electron chi connectivity index (χ2n) is 4.57. The number of hydrogen-bond donors (Lipinski definition) is 1. The van der Waals surface area contributed by atoms with E-state index in [4.69, 9.17) is 4.74 Å². The van der Waals surface area contributed by atoms with Crippen LogP contribution in [0.3, 0.4) is 0 Å². The van der Waals surface area contributed by atoms with Gasteiger partial charge in [-0.2, -0.15) is 5.26 Å². The number of nitrogens with zero attached hydrogens (tertiary/aromatic N) is 3. The van der Waals surface area contributed by atoms with Crippen LogP contribution in [0.1, 0.15) is 11.5 Å². The smallest absolute Gasteiger partial charge is 0.262 e. The summed E-state index contributed by atoms with van der Waals surface area (Å²) in [5, 5.41) is 11.9. The van der Waals surface area contributed by atoms with Crippen molar-refractivity contribution in [2.75, 3.05) is 11.9 Å². The lowest BCUT2D eigenvalue weighted by atomic mass is 10.1. The number of amides is 1. The zero-order chi connectivity index (χ0) is 14.3. The first-order valence-corrected chi connectivity index (χ1v) is 6.10. The second kappa shape index (κ2) is 4.38. The fourth-order valence-corrected chi connectivity index (χ4v) is 2.25. The van der Waals surface area contributed by atoms with Crippen molar-refractivity contribution < 1.29 is 9.53 Å². The Balaban J connectivity index is 2.15. The van der Waals surface area contributed by atoms with Crippen LogP contribution in [-0.2, 0) is 11.8 Å². The van der Waals surface area contributed by atoms with E-state index >= 15 is 0 Å². The van der Waals surface area contributed by atoms with Crippen molar-refractivity contribution >= 4 is 11.6 Å². The lowest BCUT2D eigenvalue weighted by Gasteiger charge is -2.18. The van der Waals surface area contributed by atoms with Gasteiger partial charge in [-0.05, 0) is 25.1 Å². The maximum absolute atomic E-state index is 11.4. The van der Waals surface area contributed by atoms with Crippen LogP contribution in [0.15, 0.2) is 18.2 Å². The first-order valence-electron chi connectivity index (χ1n) is 6.10. The van der Waals surface area contributed by atoms with Crippen LogP contribution in [0.2, 0.25) is 0 Å². The van der Waals surface area contributed by atoms with E-state index in [1.165, 1.54) is 0 Å². The standard InChI is InChI=1S/C14H12N4O2/c1-8-16-11(6-15)14(18(8)2)9-3-4-12-10(5-9)17-13(19)7-20-12/h3-5H,7H2,1-2H3,(H,17,19). The number of rotatable bonds is 1. The zero-order valence-electron chi connectivity index (χ0n) is 11.1. The van der Waals surface area contributed by atoms with Crippen LogP contribution in [0.4, 0.5) is 5.69 Å². The topological polar surface area (TPSA) is 79.9 Å². The van der Waals surface area contributed by atoms with Crippen molar-refractivity contribution in [3.63, 3.8) is 0 Å². The molecule has 2 aromatic rings. The average molecular weight is 268 g/mol. The highest BCUT2D eigenvalue weighted by atomic mass is 16.5. The van der Waals surface area contributed by atoms with Crippen molar-refractivity contribution in [2.24, 2.45) is 7.05 Å². The molecule has 0 saturated heterocycles. The third-order valence-corrected chi connectivity index (χ3v) is 3.31. The van der Waals surface area contributed by atoms with E-state index in [0.717, 1.165) is 17.1 Å². The summed E-state index contributed by atoms with van der Waals surface area (Å²) in [6.07, 6.45) is 0. The van der Waals surface area contributed by atoms with Gasteiger partial charge in [0.05, 0.1) is 11.4 Å². The molecule has 0 aliphatic carbocycles. The van der Waals surface area contributed by atoms with Gasteiger partial charge in [-0.25, -0.2) is 4.98 Å². The summed E-state index contributed by atoms with van der Waals surface area (Å²) < 4.78 is 7.17. The molecule has 1 amide bonds. The monoisotopic (exact) mass is 268 g/mol. The molecule has 2 heterocycles. The van der Waals surface area contributed by atoms with Crippen LogP contribution in [0.25, 0.3) is 11.3 Å². The van der Waals surface area contributed by atoms with Gasteiger partial charge in [-0.15, -0.1) is 0 Å². The van der Waals surface area contributed by atoms with Crippen molar-refractivity contribution in [1.29, 1.82) is 5.26 Å². The molecule has 1 aliphatic heterocycles. The number of aryl methyl sites for hydroxylation is 1. The van der Waals surface area contributed by atoms with E-state index < -0.39 is 0 Å². The van der Waals surface area contributed by atoms with Crippen LogP contribution in [-0.4, -0.2) is 22.1 Å². The SMILES string of the molecule is Cc1nc(C#N)c(-c2ccc3c(c2)NC(=O)CO3)n1C. The normalized spacial score (nSPS) is 13.2. The van der Waals surface area contributed by atoms with E-state index in [-0.39, 0.29) is 12.5 Å². The Morgan fingerprint density at radius 3 is 3.05 bits per heavy atom. The number of ether oxygens (including phenoxy) is 1. The molecule has 20 heavy (non-hydrogen) atoms. The van der Waals surface area contributed by atoms with Gasteiger partial charge in [0.15, 0.2) is 12.3 Å². The molecule has 0 fully saturated rings. The maximum Gasteiger partial charge on any atom is 0.262 e. The highest BCUT2D eigenvalue weighted by molar-refractivity contribution is 5.96. The number of nitriles is 1. The fourth-order valence-electron chi connectivity index (χ4n) is 2.25. The molecular weight excluding hydrogens is 256 g/mol. The first-order chi connectivity index (χ1) is 9.60. The average Bonchev–Trinajstić information content (AvgIpc) is 2.73. The van der Waals surface area contributed by atoms with Crippen molar-refractivity contribution in [1.82, 2.24) is 9.55 Å². The Morgan fingerprint density at radius 2 is 2.30 bits per heavy atom. The largest absolute Gasteiger partial charge is 0.482 e. The van der Waals surface area contributed by atoms with Gasteiger partial charge >= 0.3 is 0 Å². The molecule has 6 heteroatoms. The van der Waals surface area contributed by atoms with Crippen LogP contribution in [0.5, 0.6) is 5.75 Å². The van der Waals surface area contributed by atoms with E-state index in [1.54, 1.807) is 12.1 Å². The van der Waals surface area contributed by atoms with Gasteiger partial charge in [-0.1, -0.05) is 0 Å². The van der Waals surface area contributed by atoms with E-state index in [1.807, 2.05) is 24.6 Å². The Bertz CT molecular complexity index is 755. The van der Waals surface area contributed by atoms with Gasteiger partial charge in [-0.3, -0.25) is 4.79 Å². The number of benzene rings is 1. The van der Waals surface area contributed by atoms with Crippen molar-refractivity contribution in [3.8, 4) is 23.1 Å². The zero-order valence-corrected chi connectivity index (χ0v) is 11.1. The lowest BCUT2D eigenvalue weighted by Crippen LogP contribution is -2.25. The summed E-state index contributed by atoms with van der Waals surface area (Å²) in [5.41, 5.74) is 2.52. The molecule has 0 spiro atoms. The number of fused-ring (bicyclic) bond motifs is 1. The minimum absolute atomic E-state index is 0.0284. The van der Waals surface area contributed by atoms with Gasteiger partial charge < -0.3 is 14.6 Å². The quantitative estimate of drug-likeness (QED) is 0.851. The molecule has 1 N–H and O–H groups in total. The summed E-state index contributed by atoms with van der Waals surface area (Å²) in [6.45, 7) is 1.87. The molecule has 0 bridgehead atoms. The Labute approximate surface area is 115 Å². The molecule has 1 aromatic heterocycles. The van der Waals surface area contributed by atoms with Gasteiger partial charge in [0, 0.05) is 12.6 Å². The second-order valence-corrected chi connectivity index (χ2v) is 4.57. The molecule has 0 saturated carbocycles. The summed E-state index contributed by atoms with van der Waals surface area (Å²) in [6, 6.07) is 7.53. The number of hydrogen-bond acceptors (Lipinski definition) is 4. The van der Waals surface area contributed by atoms with E-state index in [2.05, 4.69) is 16.4 Å². The molecule has 1 aromatic carbocycles. The minimum Gasteiger partial charge on any atom is -0.482 e. The van der Waals surface area contributed by atoms with Crippen molar-refractivity contribution in [2.45, 2.75) is 6.92 Å². The number of imidazole rings is 1. The van der Waals surface area contributed by atoms with Crippen LogP contribution in [0, 0.1) is 18.3 Å². The van der Waals surface area contributed by atoms with Gasteiger partial charge in [0.1, 0.15) is 17.6 Å². The molecular formula is C14H12N4O2. The molecule has 1 aliphatic rings. The predicted molar refractivity (Wildman–Crippen MR) is 72.2 cm³/mol. The number of anilines is 1. The van der Waals surface area contributed by atoms with Gasteiger partial charge in [0.25, 0.3) is 5.91 Å². The van der Waals surface area contributed by atoms with E-state index in [9.17, 15) is 10.1 Å². The number of aromatic nitrogens is 2. The number of nitrogens with one attached hydrogen (secondary N) is 1. The number of carbonyl (C=O) groups excluding carboxylic acids is 1. The fraction of sp³-hybridized carbons (Fsp3) is 0.214. The first kappa shape index (κ1) is 12.2. The molecule has 6 nitrogen and oxygen atoms in total. The summed E-state index contributed by atoms with van der Waals surface area (Å²) in [7, 11) is 1.85. The molecule has 0 atom stereocenters. The summed E-state index contributed by atoms with van der Waals surface area (Å²) in [5.74, 6) is 1.21. The Morgan fingerprint density at radius 1 is 1.50 bits per heavy atom. The van der Waals surface area contributed by atoms with Crippen LogP contribution >= 0.6 is 0 Å². The molecule has 0 radical (unpaired) electrons. The van der Waals surface area contributed by atoms with Crippen LogP contribution < -0.4 is 10.1 Å². The lowest BCUT2D eigenvalue weighted by molar-refractivity contribution is -0.118. The Kier molecular flexibility index (Phi) is 2.68. The molecule has 0 unspecified atom stereocenters. The summed E-state index contributed by atoms with van der Waals surface area (Å²) >= 11 is 0. The van der Waals surface area contributed by atoms with Crippen molar-refractivity contribution in [3.05, 3.63) is 29.7 Å². The maximum atomic E-state index is 11.4. The predicted octanol–water partition coefficient (Wildman–Crippen LogP) is 1.60. The third kappa shape index (κ3) is 1.80. The van der Waals surface area contributed by atoms with Gasteiger partial charge in [0.2, 0.25) is 0 Å². The highest BCUT2D eigenvalue weighted by Crippen LogP contribution is 2.33. The minimum atomic E-state index is -0.184.